The Kier molecular flexibility index (Phi) is 5.57. The third-order valence-electron chi connectivity index (χ3n) is 4.40. The van der Waals surface area contributed by atoms with Crippen molar-refractivity contribution in [3.05, 3.63) is 18.3 Å². The molecular weight excluding hydrogens is 326 g/mol. The number of fused-ring (bicyclic) bond motifs is 1. The second kappa shape index (κ2) is 7.85. The Morgan fingerprint density at radius 3 is 2.79 bits per heavy atom. The number of aromatic nitrogens is 1. The van der Waals surface area contributed by atoms with Crippen molar-refractivity contribution >= 4 is 29.4 Å². The van der Waals surface area contributed by atoms with E-state index in [4.69, 9.17) is 0 Å². The molecule has 2 aliphatic heterocycles. The summed E-state index contributed by atoms with van der Waals surface area (Å²) in [5.41, 5.74) is 0.815. The molecule has 130 valence electrons. The van der Waals surface area contributed by atoms with Gasteiger partial charge in [-0.05, 0) is 18.7 Å². The Balaban J connectivity index is 1.52. The maximum atomic E-state index is 12.4. The largest absolute Gasteiger partial charge is 0.339 e. The fraction of sp³-hybridized carbons (Fsp3) is 0.562. The summed E-state index contributed by atoms with van der Waals surface area (Å²) in [7, 11) is 0. The second-order valence-electron chi connectivity index (χ2n) is 5.80. The van der Waals surface area contributed by atoms with E-state index in [1.165, 1.54) is 0 Å². The Morgan fingerprint density at radius 1 is 1.25 bits per heavy atom. The number of likely N-dealkylation sites (N-methyl/N-ethyl adjacent to an activating group) is 1. The quantitative estimate of drug-likeness (QED) is 0.877. The number of nitrogens with zero attached hydrogens (tertiary/aromatic N) is 4. The lowest BCUT2D eigenvalue weighted by Crippen LogP contribution is -2.52. The highest BCUT2D eigenvalue weighted by Crippen LogP contribution is 2.32. The second-order valence-corrected chi connectivity index (χ2v) is 6.89. The van der Waals surface area contributed by atoms with Crippen molar-refractivity contribution in [3.63, 3.8) is 0 Å². The van der Waals surface area contributed by atoms with Crippen LogP contribution in [0.25, 0.3) is 0 Å². The molecule has 0 unspecified atom stereocenters. The molecule has 1 aromatic heterocycles. The standard InChI is InChI=1S/C16H23N5O2S/c1-2-19-6-8-20(9-7-19)14(22)12-18-16(23)21-10-11-24-15-13(21)4-3-5-17-15/h3-5H,2,6-12H2,1H3,(H,18,23). The number of amides is 3. The molecule has 24 heavy (non-hydrogen) atoms. The molecule has 3 rings (SSSR count). The van der Waals surface area contributed by atoms with Crippen LogP contribution in [-0.4, -0.2) is 78.3 Å². The molecule has 0 bridgehead atoms. The minimum atomic E-state index is -0.231. The van der Waals surface area contributed by atoms with Gasteiger partial charge in [-0.1, -0.05) is 6.92 Å². The number of urea groups is 1. The predicted molar refractivity (Wildman–Crippen MR) is 94.4 cm³/mol. The number of pyridine rings is 1. The van der Waals surface area contributed by atoms with E-state index in [9.17, 15) is 9.59 Å². The Hall–Kier alpha value is -1.80. The number of rotatable bonds is 3. The zero-order valence-corrected chi connectivity index (χ0v) is 14.7. The zero-order chi connectivity index (χ0) is 16.9. The van der Waals surface area contributed by atoms with E-state index >= 15 is 0 Å². The lowest BCUT2D eigenvalue weighted by molar-refractivity contribution is -0.131. The molecule has 1 aromatic rings. The summed E-state index contributed by atoms with van der Waals surface area (Å²) in [6.07, 6.45) is 1.73. The molecule has 1 fully saturated rings. The molecule has 3 heterocycles. The molecule has 1 N–H and O–H groups in total. The van der Waals surface area contributed by atoms with Gasteiger partial charge in [0.15, 0.2) is 0 Å². The molecule has 0 aromatic carbocycles. The van der Waals surface area contributed by atoms with Crippen LogP contribution in [0.4, 0.5) is 10.5 Å². The Bertz CT molecular complexity index is 604. The van der Waals surface area contributed by atoms with E-state index in [0.717, 1.165) is 49.2 Å². The normalized spacial score (nSPS) is 18.2. The van der Waals surface area contributed by atoms with Gasteiger partial charge in [-0.15, -0.1) is 11.8 Å². The topological polar surface area (TPSA) is 68.8 Å². The van der Waals surface area contributed by atoms with Crippen LogP contribution in [0.1, 0.15) is 6.92 Å². The minimum Gasteiger partial charge on any atom is -0.339 e. The first-order valence-corrected chi connectivity index (χ1v) is 9.31. The average molecular weight is 349 g/mol. The lowest BCUT2D eigenvalue weighted by Gasteiger charge is -2.34. The summed E-state index contributed by atoms with van der Waals surface area (Å²) in [5.74, 6) is 0.793. The summed E-state index contributed by atoms with van der Waals surface area (Å²) in [6.45, 7) is 7.08. The summed E-state index contributed by atoms with van der Waals surface area (Å²) >= 11 is 1.65. The van der Waals surface area contributed by atoms with Gasteiger partial charge in [0.1, 0.15) is 5.03 Å². The van der Waals surface area contributed by atoms with Crippen molar-refractivity contribution < 1.29 is 9.59 Å². The number of piperazine rings is 1. The third kappa shape index (κ3) is 3.81. The van der Waals surface area contributed by atoms with E-state index in [1.54, 1.807) is 22.9 Å². The van der Waals surface area contributed by atoms with E-state index in [0.29, 0.717) is 6.54 Å². The number of hydrogen-bond donors (Lipinski definition) is 1. The van der Waals surface area contributed by atoms with Gasteiger partial charge in [0, 0.05) is 44.7 Å². The molecule has 0 atom stereocenters. The van der Waals surface area contributed by atoms with Gasteiger partial charge in [-0.3, -0.25) is 9.69 Å². The van der Waals surface area contributed by atoms with Crippen molar-refractivity contribution in [1.82, 2.24) is 20.1 Å². The maximum absolute atomic E-state index is 12.4. The van der Waals surface area contributed by atoms with Gasteiger partial charge in [0.2, 0.25) is 5.91 Å². The van der Waals surface area contributed by atoms with Gasteiger partial charge in [0.05, 0.1) is 12.2 Å². The molecule has 3 amide bonds. The van der Waals surface area contributed by atoms with Crippen molar-refractivity contribution in [2.24, 2.45) is 0 Å². The van der Waals surface area contributed by atoms with Gasteiger partial charge in [0.25, 0.3) is 0 Å². The van der Waals surface area contributed by atoms with Crippen molar-refractivity contribution in [2.45, 2.75) is 11.9 Å². The van der Waals surface area contributed by atoms with Crippen LogP contribution in [0.5, 0.6) is 0 Å². The number of hydrogen-bond acceptors (Lipinski definition) is 5. The zero-order valence-electron chi connectivity index (χ0n) is 13.9. The fourth-order valence-corrected chi connectivity index (χ4v) is 3.86. The SMILES string of the molecule is CCN1CCN(C(=O)CNC(=O)N2CCSc3ncccc32)CC1. The van der Waals surface area contributed by atoms with Crippen molar-refractivity contribution in [2.75, 3.05) is 56.5 Å². The molecule has 0 aliphatic carbocycles. The van der Waals surface area contributed by atoms with E-state index < -0.39 is 0 Å². The molecule has 8 heteroatoms. The van der Waals surface area contributed by atoms with Gasteiger partial charge < -0.3 is 15.1 Å². The van der Waals surface area contributed by atoms with Gasteiger partial charge in [-0.25, -0.2) is 9.78 Å². The predicted octanol–water partition coefficient (Wildman–Crippen LogP) is 0.867. The van der Waals surface area contributed by atoms with Crippen LogP contribution >= 0.6 is 11.8 Å². The monoisotopic (exact) mass is 349 g/mol. The van der Waals surface area contributed by atoms with E-state index in [2.05, 4.69) is 22.1 Å². The van der Waals surface area contributed by atoms with Crippen LogP contribution in [0.15, 0.2) is 23.4 Å². The average Bonchev–Trinajstić information content (AvgIpc) is 2.65. The van der Waals surface area contributed by atoms with Crippen LogP contribution in [-0.2, 0) is 4.79 Å². The van der Waals surface area contributed by atoms with E-state index in [-0.39, 0.29) is 18.5 Å². The lowest BCUT2D eigenvalue weighted by atomic mass is 10.3. The van der Waals surface area contributed by atoms with E-state index in [1.807, 2.05) is 17.0 Å². The summed E-state index contributed by atoms with van der Waals surface area (Å²) in [4.78, 5) is 34.8. The summed E-state index contributed by atoms with van der Waals surface area (Å²) < 4.78 is 0. The van der Waals surface area contributed by atoms with Crippen LogP contribution in [0.3, 0.4) is 0 Å². The molecular formula is C16H23N5O2S. The first-order valence-electron chi connectivity index (χ1n) is 8.32. The summed E-state index contributed by atoms with van der Waals surface area (Å²) in [5, 5.41) is 3.62. The minimum absolute atomic E-state index is 0.0168. The highest BCUT2D eigenvalue weighted by Gasteiger charge is 2.25. The Morgan fingerprint density at radius 2 is 2.04 bits per heavy atom. The summed E-state index contributed by atoms with van der Waals surface area (Å²) in [6, 6.07) is 3.48. The first kappa shape index (κ1) is 17.0. The van der Waals surface area contributed by atoms with Crippen LogP contribution < -0.4 is 10.2 Å². The molecule has 2 aliphatic rings. The van der Waals surface area contributed by atoms with Crippen molar-refractivity contribution in [3.8, 4) is 0 Å². The number of nitrogens with one attached hydrogen (secondary N) is 1. The third-order valence-corrected chi connectivity index (χ3v) is 5.38. The highest BCUT2D eigenvalue weighted by molar-refractivity contribution is 7.99. The Labute approximate surface area is 146 Å². The molecule has 7 nitrogen and oxygen atoms in total. The van der Waals surface area contributed by atoms with Crippen LogP contribution in [0.2, 0.25) is 0 Å². The highest BCUT2D eigenvalue weighted by atomic mass is 32.2. The maximum Gasteiger partial charge on any atom is 0.322 e. The fourth-order valence-electron chi connectivity index (χ4n) is 2.94. The number of anilines is 1. The van der Waals surface area contributed by atoms with Crippen LogP contribution in [0, 0.1) is 0 Å². The molecule has 1 saturated heterocycles. The number of carbonyl (C=O) groups is 2. The van der Waals surface area contributed by atoms with Crippen molar-refractivity contribution in [1.29, 1.82) is 0 Å². The molecule has 0 spiro atoms. The number of thioether (sulfide) groups is 1. The molecule has 0 saturated carbocycles. The smallest absolute Gasteiger partial charge is 0.322 e. The first-order chi connectivity index (χ1) is 11.7. The van der Waals surface area contributed by atoms with Gasteiger partial charge in [-0.2, -0.15) is 0 Å². The molecule has 0 radical (unpaired) electrons. The van der Waals surface area contributed by atoms with Gasteiger partial charge >= 0.3 is 6.03 Å². The number of carbonyl (C=O) groups excluding carboxylic acids is 2.